The van der Waals surface area contributed by atoms with Gasteiger partial charge in [-0.1, -0.05) is 24.3 Å². The summed E-state index contributed by atoms with van der Waals surface area (Å²) in [5.41, 5.74) is 1.12. The maximum absolute atomic E-state index is 14.6. The third kappa shape index (κ3) is 4.62. The Hall–Kier alpha value is -6.47. The van der Waals surface area contributed by atoms with E-state index in [1.165, 1.54) is 31.2 Å². The summed E-state index contributed by atoms with van der Waals surface area (Å²) in [7, 11) is 0. The van der Waals surface area contributed by atoms with Crippen molar-refractivity contribution in [2.75, 3.05) is 0 Å². The van der Waals surface area contributed by atoms with Crippen LogP contribution in [-0.4, -0.2) is 0 Å². The van der Waals surface area contributed by atoms with Gasteiger partial charge in [0.2, 0.25) is 0 Å². The lowest BCUT2D eigenvalue weighted by Gasteiger charge is -2.13. The monoisotopic (exact) mass is 690 g/mol. The van der Waals surface area contributed by atoms with Crippen molar-refractivity contribution in [3.05, 3.63) is 150 Å². The molecule has 12 heteroatoms. The van der Waals surface area contributed by atoms with Crippen molar-refractivity contribution in [3.8, 4) is 56.6 Å². The molecular formula is C38H13F7N4S. The highest BCUT2D eigenvalue weighted by Crippen LogP contribution is 2.62. The van der Waals surface area contributed by atoms with Gasteiger partial charge in [-0.2, -0.15) is 13.2 Å². The molecule has 0 unspecified atom stereocenters. The van der Waals surface area contributed by atoms with Gasteiger partial charge >= 0.3 is 6.18 Å². The van der Waals surface area contributed by atoms with Crippen molar-refractivity contribution in [1.82, 2.24) is 0 Å². The van der Waals surface area contributed by atoms with E-state index in [1.54, 1.807) is 24.3 Å². The van der Waals surface area contributed by atoms with E-state index < -0.39 is 35.0 Å². The zero-order valence-corrected chi connectivity index (χ0v) is 25.9. The summed E-state index contributed by atoms with van der Waals surface area (Å²) in [6, 6.07) is 16.6. The minimum atomic E-state index is -5.26. The first-order valence-electron chi connectivity index (χ1n) is 14.4. The maximum Gasteiger partial charge on any atom is 0.422 e. The van der Waals surface area contributed by atoms with Crippen LogP contribution in [0, 0.1) is 66.0 Å². The van der Waals surface area contributed by atoms with Gasteiger partial charge in [0.1, 0.15) is 28.8 Å². The van der Waals surface area contributed by atoms with E-state index in [0.717, 1.165) is 11.3 Å². The lowest BCUT2D eigenvalue weighted by molar-refractivity contribution is -0.142. The molecule has 7 rings (SSSR count). The number of halogens is 7. The Morgan fingerprint density at radius 1 is 0.620 bits per heavy atom. The molecule has 240 valence electrons. The lowest BCUT2D eigenvalue weighted by Crippen LogP contribution is -2.11. The molecule has 5 aromatic rings. The second kappa shape index (κ2) is 11.3. The number of alkyl halides is 3. The quantitative estimate of drug-likeness (QED) is 0.103. The van der Waals surface area contributed by atoms with Crippen LogP contribution in [0.2, 0.25) is 0 Å². The molecule has 50 heavy (non-hydrogen) atoms. The summed E-state index contributed by atoms with van der Waals surface area (Å²) in [4.78, 5) is 7.75. The highest BCUT2D eigenvalue weighted by molar-refractivity contribution is 7.16. The summed E-state index contributed by atoms with van der Waals surface area (Å²) in [5.74, 6) is -5.12. The van der Waals surface area contributed by atoms with Crippen LogP contribution in [0.4, 0.5) is 30.7 Å². The summed E-state index contributed by atoms with van der Waals surface area (Å²) in [5, 5.41) is 19.9. The van der Waals surface area contributed by atoms with E-state index in [2.05, 4.69) is 9.69 Å². The Morgan fingerprint density at radius 3 is 1.38 bits per heavy atom. The first-order valence-corrected chi connectivity index (χ1v) is 15.2. The van der Waals surface area contributed by atoms with E-state index in [-0.39, 0.29) is 44.8 Å². The SMILES string of the molecule is [C-]#[N+]/C(C#N)=C1/c2cc(-c3cc(F)c(C(F)(F)F)c(F)c3)ccc2-c2c1sc1c2-c2ccc(-c3cc(F)c(C)c(F)c3)cc2/C1=C(/C#N)[N+]#[C-]. The van der Waals surface area contributed by atoms with E-state index in [9.17, 15) is 41.3 Å². The molecule has 0 bridgehead atoms. The zero-order valence-electron chi connectivity index (χ0n) is 25.1. The number of hydrogen-bond donors (Lipinski definition) is 0. The molecule has 4 aromatic carbocycles. The van der Waals surface area contributed by atoms with Gasteiger partial charge in [0.15, 0.2) is 0 Å². The van der Waals surface area contributed by atoms with Gasteiger partial charge in [0.25, 0.3) is 11.4 Å². The fourth-order valence-electron chi connectivity index (χ4n) is 6.41. The topological polar surface area (TPSA) is 56.3 Å². The van der Waals surface area contributed by atoms with E-state index in [0.29, 0.717) is 60.8 Å². The first kappa shape index (κ1) is 32.1. The molecule has 0 N–H and O–H groups in total. The normalized spacial score (nSPS) is 14.4. The zero-order chi connectivity index (χ0) is 35.8. The van der Waals surface area contributed by atoms with Gasteiger partial charge in [-0.3, -0.25) is 0 Å². The molecule has 0 atom stereocenters. The van der Waals surface area contributed by atoms with Crippen LogP contribution in [-0.2, 0) is 6.18 Å². The molecule has 0 fully saturated rings. The van der Waals surface area contributed by atoms with Crippen LogP contribution in [0.5, 0.6) is 0 Å². The Bertz CT molecular complexity index is 2560. The second-order valence-electron chi connectivity index (χ2n) is 11.3. The van der Waals surface area contributed by atoms with Crippen molar-refractivity contribution in [3.63, 3.8) is 0 Å². The highest BCUT2D eigenvalue weighted by atomic mass is 32.1. The average Bonchev–Trinajstić information content (AvgIpc) is 3.69. The number of allylic oxidation sites excluding steroid dienone is 2. The number of rotatable bonds is 2. The van der Waals surface area contributed by atoms with Crippen LogP contribution >= 0.6 is 11.3 Å². The third-order valence-corrected chi connectivity index (χ3v) is 9.89. The molecule has 4 nitrogen and oxygen atoms in total. The van der Waals surface area contributed by atoms with E-state index >= 15 is 0 Å². The smallest absolute Gasteiger partial charge is 0.226 e. The van der Waals surface area contributed by atoms with Gasteiger partial charge < -0.3 is 0 Å². The van der Waals surface area contributed by atoms with Gasteiger partial charge in [-0.15, -0.1) is 11.3 Å². The third-order valence-electron chi connectivity index (χ3n) is 8.66. The predicted molar refractivity (Wildman–Crippen MR) is 172 cm³/mol. The maximum atomic E-state index is 14.6. The van der Waals surface area contributed by atoms with E-state index in [4.69, 9.17) is 13.1 Å². The molecule has 0 amide bonds. The van der Waals surface area contributed by atoms with Crippen LogP contribution < -0.4 is 0 Å². The fraction of sp³-hybridized carbons (Fsp3) is 0.0526. The molecule has 0 spiro atoms. The van der Waals surface area contributed by atoms with Crippen molar-refractivity contribution < 1.29 is 30.7 Å². The van der Waals surface area contributed by atoms with Crippen LogP contribution in [0.15, 0.2) is 72.1 Å². The number of nitriles is 2. The Morgan fingerprint density at radius 2 is 1.02 bits per heavy atom. The minimum Gasteiger partial charge on any atom is -0.226 e. The van der Waals surface area contributed by atoms with Crippen LogP contribution in [0.1, 0.15) is 32.0 Å². The summed E-state index contributed by atoms with van der Waals surface area (Å²) >= 11 is 1.11. The van der Waals surface area contributed by atoms with Crippen molar-refractivity contribution in [2.45, 2.75) is 13.1 Å². The Labute approximate surface area is 283 Å². The highest BCUT2D eigenvalue weighted by Gasteiger charge is 2.40. The molecule has 1 heterocycles. The van der Waals surface area contributed by atoms with Crippen LogP contribution in [0.25, 0.3) is 65.3 Å². The largest absolute Gasteiger partial charge is 0.422 e. The minimum absolute atomic E-state index is 0.116. The molecule has 2 aliphatic carbocycles. The summed E-state index contributed by atoms with van der Waals surface area (Å²) in [6.45, 7) is 16.8. The standard InChI is InChI=1S/C38H13F7N4S/c1-16-25(39)10-19(11-26(16)40)17-4-6-21-23(8-17)31(29(14-46)48-2)36-33(21)34-22-7-5-18(9-24(22)32(37(34)50-36)30(15-47)49-3)20-12-27(41)35(28(42)13-20)38(43,44)45/h4-13H,1H3/b31-29+,32-30-. The second-order valence-corrected chi connectivity index (χ2v) is 12.3. The molecule has 1 aromatic heterocycles. The van der Waals surface area contributed by atoms with Crippen LogP contribution in [0.3, 0.4) is 0 Å². The van der Waals surface area contributed by atoms with Crippen molar-refractivity contribution in [2.24, 2.45) is 0 Å². The lowest BCUT2D eigenvalue weighted by atomic mass is 9.93. The Balaban J connectivity index is 1.48. The van der Waals surface area contributed by atoms with Gasteiger partial charge in [-0.05, 0) is 87.8 Å². The number of hydrogen-bond acceptors (Lipinski definition) is 3. The average molecular weight is 691 g/mol. The Kier molecular flexibility index (Phi) is 7.26. The van der Waals surface area contributed by atoms with Crippen molar-refractivity contribution >= 4 is 22.5 Å². The molecule has 0 radical (unpaired) electrons. The predicted octanol–water partition coefficient (Wildman–Crippen LogP) is 11.3. The van der Waals surface area contributed by atoms with Gasteiger partial charge in [-0.25, -0.2) is 37.8 Å². The fourth-order valence-corrected chi connectivity index (χ4v) is 7.86. The van der Waals surface area contributed by atoms with Gasteiger partial charge in [0.05, 0.1) is 25.3 Å². The van der Waals surface area contributed by atoms with Gasteiger partial charge in [0, 0.05) is 37.6 Å². The number of thiophene rings is 1. The number of nitrogens with zero attached hydrogens (tertiary/aromatic N) is 4. The molecular weight excluding hydrogens is 677 g/mol. The molecule has 0 saturated carbocycles. The number of benzene rings is 4. The molecule has 0 saturated heterocycles. The first-order chi connectivity index (χ1) is 23.8. The summed E-state index contributed by atoms with van der Waals surface area (Å²) in [6.07, 6.45) is -5.26. The summed E-state index contributed by atoms with van der Waals surface area (Å²) < 4.78 is 97.8. The molecule has 2 aliphatic rings. The van der Waals surface area contributed by atoms with Crippen molar-refractivity contribution in [1.29, 1.82) is 10.5 Å². The molecule has 0 aliphatic heterocycles. The van der Waals surface area contributed by atoms with E-state index in [1.807, 2.05) is 12.1 Å². The number of fused-ring (bicyclic) bond motifs is 7.